The monoisotopic (exact) mass is 632 g/mol. The Bertz CT molecular complexity index is 1720. The van der Waals surface area contributed by atoms with E-state index in [0.717, 1.165) is 71.3 Å². The summed E-state index contributed by atoms with van der Waals surface area (Å²) in [7, 11) is 0. The Morgan fingerprint density at radius 3 is 1.53 bits per heavy atom. The Labute approximate surface area is 283 Å². The molecular weight excluding hydrogens is 576 g/mol. The summed E-state index contributed by atoms with van der Waals surface area (Å²) in [6, 6.07) is 26.6. The molecule has 0 saturated heterocycles. The molecule has 0 aromatic heterocycles. The van der Waals surface area contributed by atoms with Crippen LogP contribution in [0.2, 0.25) is 0 Å². The number of ether oxygens (including phenoxy) is 3. The number of benzene rings is 5. The van der Waals surface area contributed by atoms with Gasteiger partial charge in [0.25, 0.3) is 0 Å². The molecule has 0 N–H and O–H groups in total. The van der Waals surface area contributed by atoms with Crippen LogP contribution in [0.4, 0.5) is 0 Å². The maximum atomic E-state index is 6.85. The van der Waals surface area contributed by atoms with Crippen molar-refractivity contribution in [1.82, 2.24) is 0 Å². The Morgan fingerprint density at radius 1 is 0.426 bits per heavy atom. The predicted octanol–water partition coefficient (Wildman–Crippen LogP) is 13.3. The largest absolute Gasteiger partial charge is 0.493 e. The smallest absolute Gasteiger partial charge is 0.135 e. The molecule has 0 spiro atoms. The molecular formula is C44H56O3. The van der Waals surface area contributed by atoms with Gasteiger partial charge in [-0.05, 0) is 54.2 Å². The highest BCUT2D eigenvalue weighted by Crippen LogP contribution is 2.49. The fourth-order valence-corrected chi connectivity index (χ4v) is 6.75. The summed E-state index contributed by atoms with van der Waals surface area (Å²) in [5, 5.41) is 6.95. The van der Waals surface area contributed by atoms with E-state index in [1.165, 1.54) is 85.1 Å². The molecule has 0 amide bonds. The van der Waals surface area contributed by atoms with Gasteiger partial charge in [-0.1, -0.05) is 146 Å². The minimum atomic E-state index is 0.697. The first kappa shape index (κ1) is 34.6. The average molecular weight is 633 g/mol. The van der Waals surface area contributed by atoms with Crippen molar-refractivity contribution in [2.75, 3.05) is 19.8 Å². The van der Waals surface area contributed by atoms with E-state index in [4.69, 9.17) is 14.2 Å². The maximum Gasteiger partial charge on any atom is 0.135 e. The molecule has 5 rings (SSSR count). The van der Waals surface area contributed by atoms with Crippen molar-refractivity contribution in [1.29, 1.82) is 0 Å². The number of rotatable bonds is 20. The van der Waals surface area contributed by atoms with E-state index in [1.807, 2.05) is 0 Å². The highest BCUT2D eigenvalue weighted by molar-refractivity contribution is 6.19. The van der Waals surface area contributed by atoms with Crippen LogP contribution in [-0.2, 0) is 6.42 Å². The van der Waals surface area contributed by atoms with Gasteiger partial charge in [0.15, 0.2) is 0 Å². The second kappa shape index (κ2) is 18.0. The fourth-order valence-electron chi connectivity index (χ4n) is 6.75. The number of fused-ring (bicyclic) bond motifs is 3. The van der Waals surface area contributed by atoms with Crippen molar-refractivity contribution in [3.05, 3.63) is 78.4 Å². The molecule has 250 valence electrons. The topological polar surface area (TPSA) is 27.7 Å². The SMILES string of the molecule is CCCCCCOc1cc(-c2c3ccccc3c(OCCCCCC)c3cc(CC)ccc23)c(OCCCCCC)c2ccccc12. The van der Waals surface area contributed by atoms with Gasteiger partial charge in [0.05, 0.1) is 19.8 Å². The van der Waals surface area contributed by atoms with E-state index in [1.54, 1.807) is 0 Å². The van der Waals surface area contributed by atoms with Gasteiger partial charge in [-0.25, -0.2) is 0 Å². The highest BCUT2D eigenvalue weighted by Gasteiger charge is 2.23. The molecule has 0 fully saturated rings. The molecule has 5 aromatic carbocycles. The van der Waals surface area contributed by atoms with Crippen molar-refractivity contribution >= 4 is 32.3 Å². The van der Waals surface area contributed by atoms with Crippen molar-refractivity contribution in [2.24, 2.45) is 0 Å². The Morgan fingerprint density at radius 2 is 0.936 bits per heavy atom. The molecule has 0 atom stereocenters. The highest BCUT2D eigenvalue weighted by atomic mass is 16.5. The third-order valence-corrected chi connectivity index (χ3v) is 9.42. The third kappa shape index (κ3) is 8.42. The maximum absolute atomic E-state index is 6.85. The zero-order valence-corrected chi connectivity index (χ0v) is 29.5. The van der Waals surface area contributed by atoms with Gasteiger partial charge in [0, 0.05) is 32.7 Å². The van der Waals surface area contributed by atoms with E-state index in [-0.39, 0.29) is 0 Å². The molecule has 0 aliphatic rings. The summed E-state index contributed by atoms with van der Waals surface area (Å²) in [6.07, 6.45) is 15.1. The van der Waals surface area contributed by atoms with Gasteiger partial charge in [-0.15, -0.1) is 0 Å². The van der Waals surface area contributed by atoms with E-state index in [9.17, 15) is 0 Å². The van der Waals surface area contributed by atoms with Crippen LogP contribution in [0.25, 0.3) is 43.4 Å². The van der Waals surface area contributed by atoms with Crippen LogP contribution in [-0.4, -0.2) is 19.8 Å². The van der Waals surface area contributed by atoms with Crippen LogP contribution < -0.4 is 14.2 Å². The number of hydrogen-bond acceptors (Lipinski definition) is 3. The van der Waals surface area contributed by atoms with E-state index in [2.05, 4.69) is 100 Å². The van der Waals surface area contributed by atoms with E-state index >= 15 is 0 Å². The zero-order chi connectivity index (χ0) is 32.8. The molecule has 0 saturated carbocycles. The molecule has 3 nitrogen and oxygen atoms in total. The van der Waals surface area contributed by atoms with Gasteiger partial charge in [-0.2, -0.15) is 0 Å². The zero-order valence-electron chi connectivity index (χ0n) is 29.5. The number of unbranched alkanes of at least 4 members (excludes halogenated alkanes) is 9. The van der Waals surface area contributed by atoms with Crippen LogP contribution in [0.5, 0.6) is 17.2 Å². The molecule has 0 unspecified atom stereocenters. The lowest BCUT2D eigenvalue weighted by atomic mass is 9.88. The summed E-state index contributed by atoms with van der Waals surface area (Å²) in [6.45, 7) is 11.1. The normalized spacial score (nSPS) is 11.5. The van der Waals surface area contributed by atoms with Crippen molar-refractivity contribution in [3.63, 3.8) is 0 Å². The van der Waals surface area contributed by atoms with Crippen molar-refractivity contribution in [2.45, 2.75) is 111 Å². The fraction of sp³-hybridized carbons (Fsp3) is 0.455. The second-order valence-corrected chi connectivity index (χ2v) is 13.0. The summed E-state index contributed by atoms with van der Waals surface area (Å²) >= 11 is 0. The molecule has 47 heavy (non-hydrogen) atoms. The number of hydrogen-bond donors (Lipinski definition) is 0. The average Bonchev–Trinajstić information content (AvgIpc) is 3.11. The Hall–Kier alpha value is -3.72. The standard InChI is InChI=1S/C44H56O3/c1-5-9-12-19-28-45-41-32-40(44(47-30-21-14-11-7-3)37-24-17-15-22-34(37)41)42-35-23-16-18-25-38(35)43(46-29-20-13-10-6-2)39-31-33(8-4)26-27-36(39)42/h15-18,22-27,31-32H,5-14,19-21,28-30H2,1-4H3. The summed E-state index contributed by atoms with van der Waals surface area (Å²) in [4.78, 5) is 0. The minimum absolute atomic E-state index is 0.697. The first-order valence-corrected chi connectivity index (χ1v) is 18.6. The minimum Gasteiger partial charge on any atom is -0.493 e. The lowest BCUT2D eigenvalue weighted by molar-refractivity contribution is 0.303. The summed E-state index contributed by atoms with van der Waals surface area (Å²) in [5.41, 5.74) is 3.61. The van der Waals surface area contributed by atoms with Crippen LogP contribution >= 0.6 is 0 Å². The first-order chi connectivity index (χ1) is 23.2. The van der Waals surface area contributed by atoms with Crippen LogP contribution in [0.15, 0.2) is 72.8 Å². The summed E-state index contributed by atoms with van der Waals surface area (Å²) in [5.74, 6) is 2.89. The lowest BCUT2D eigenvalue weighted by Gasteiger charge is -2.22. The van der Waals surface area contributed by atoms with E-state index in [0.29, 0.717) is 13.2 Å². The first-order valence-electron chi connectivity index (χ1n) is 18.6. The Kier molecular flexibility index (Phi) is 13.2. The lowest BCUT2D eigenvalue weighted by Crippen LogP contribution is -2.04. The van der Waals surface area contributed by atoms with Gasteiger partial charge < -0.3 is 14.2 Å². The molecule has 0 aliphatic carbocycles. The molecule has 5 aromatic rings. The molecule has 3 heteroatoms. The molecule has 0 heterocycles. The summed E-state index contributed by atoms with van der Waals surface area (Å²) < 4.78 is 20.2. The van der Waals surface area contributed by atoms with E-state index < -0.39 is 0 Å². The Balaban J connectivity index is 1.72. The number of aryl methyl sites for hydroxylation is 1. The van der Waals surface area contributed by atoms with Crippen LogP contribution in [0, 0.1) is 0 Å². The molecule has 0 aliphatic heterocycles. The van der Waals surface area contributed by atoms with Crippen molar-refractivity contribution in [3.8, 4) is 28.4 Å². The molecule has 0 bridgehead atoms. The van der Waals surface area contributed by atoms with Crippen molar-refractivity contribution < 1.29 is 14.2 Å². The van der Waals surface area contributed by atoms with Crippen LogP contribution in [0.1, 0.15) is 110 Å². The molecule has 0 radical (unpaired) electrons. The van der Waals surface area contributed by atoms with Gasteiger partial charge in [0.1, 0.15) is 17.2 Å². The predicted molar refractivity (Wildman–Crippen MR) is 203 cm³/mol. The van der Waals surface area contributed by atoms with Gasteiger partial charge in [0.2, 0.25) is 0 Å². The van der Waals surface area contributed by atoms with Gasteiger partial charge in [-0.3, -0.25) is 0 Å². The third-order valence-electron chi connectivity index (χ3n) is 9.42. The quantitative estimate of drug-likeness (QED) is 0.0631. The second-order valence-electron chi connectivity index (χ2n) is 13.0. The van der Waals surface area contributed by atoms with Crippen LogP contribution in [0.3, 0.4) is 0 Å². The van der Waals surface area contributed by atoms with Gasteiger partial charge >= 0.3 is 0 Å².